The summed E-state index contributed by atoms with van der Waals surface area (Å²) in [5.74, 6) is 1.24. The van der Waals surface area contributed by atoms with Crippen molar-refractivity contribution < 1.29 is 9.21 Å². The van der Waals surface area contributed by atoms with Gasteiger partial charge in [0.05, 0.1) is 12.6 Å². The van der Waals surface area contributed by atoms with E-state index in [0.29, 0.717) is 5.76 Å². The van der Waals surface area contributed by atoms with Crippen LogP contribution in [0.15, 0.2) is 52.0 Å². The van der Waals surface area contributed by atoms with Crippen LogP contribution in [0.2, 0.25) is 0 Å². The second-order valence-electron chi connectivity index (χ2n) is 4.80. The number of rotatable bonds is 4. The number of benzene rings is 1. The number of nitrogens with zero attached hydrogens (tertiary/aromatic N) is 1. The van der Waals surface area contributed by atoms with E-state index in [2.05, 4.69) is 15.5 Å². The minimum absolute atomic E-state index is 0.180. The van der Waals surface area contributed by atoms with Crippen molar-refractivity contribution in [3.63, 3.8) is 0 Å². The van der Waals surface area contributed by atoms with Crippen molar-refractivity contribution in [3.05, 3.63) is 59.7 Å². The van der Waals surface area contributed by atoms with Gasteiger partial charge in [-0.3, -0.25) is 4.79 Å². The summed E-state index contributed by atoms with van der Waals surface area (Å²) in [6.07, 6.45) is 1.74. The number of hydrazone groups is 1. The number of hydrogen-bond acceptors (Lipinski definition) is 3. The summed E-state index contributed by atoms with van der Waals surface area (Å²) < 4.78 is 5.32. The Morgan fingerprint density at radius 2 is 2.19 bits per heavy atom. The zero-order valence-electron chi connectivity index (χ0n) is 11.6. The number of H-pyrrole nitrogens is 1. The third kappa shape index (κ3) is 3.20. The molecule has 2 heterocycles. The lowest BCUT2D eigenvalue weighted by Crippen LogP contribution is -2.19. The minimum Gasteiger partial charge on any atom is -0.460 e. The number of hydrogen-bond donors (Lipinski definition) is 2. The highest BCUT2D eigenvalue weighted by Gasteiger charge is 2.05. The van der Waals surface area contributed by atoms with Crippen LogP contribution in [-0.4, -0.2) is 17.1 Å². The monoisotopic (exact) mass is 281 g/mol. The summed E-state index contributed by atoms with van der Waals surface area (Å²) in [4.78, 5) is 15.0. The van der Waals surface area contributed by atoms with Crippen molar-refractivity contribution in [3.8, 4) is 0 Å². The molecule has 0 atom stereocenters. The molecule has 0 fully saturated rings. The summed E-state index contributed by atoms with van der Waals surface area (Å²) in [6, 6.07) is 13.5. The van der Waals surface area contributed by atoms with E-state index in [1.165, 1.54) is 6.21 Å². The van der Waals surface area contributed by atoms with Crippen molar-refractivity contribution in [2.24, 2.45) is 5.10 Å². The van der Waals surface area contributed by atoms with E-state index in [9.17, 15) is 4.79 Å². The van der Waals surface area contributed by atoms with Gasteiger partial charge in [0, 0.05) is 11.2 Å². The van der Waals surface area contributed by atoms with Crippen LogP contribution in [0.25, 0.3) is 10.9 Å². The highest BCUT2D eigenvalue weighted by Crippen LogP contribution is 2.14. The van der Waals surface area contributed by atoms with Gasteiger partial charge in [0.2, 0.25) is 5.91 Å². The second kappa shape index (κ2) is 5.66. The molecule has 3 rings (SSSR count). The molecule has 0 spiro atoms. The Bertz CT molecular complexity index is 766. The molecule has 2 N–H and O–H groups in total. The molecule has 0 aliphatic carbocycles. The molecule has 0 saturated heterocycles. The lowest BCUT2D eigenvalue weighted by atomic mass is 10.2. The Morgan fingerprint density at radius 3 is 2.95 bits per heavy atom. The molecule has 3 aromatic rings. The molecule has 0 radical (unpaired) electrons. The summed E-state index contributed by atoms with van der Waals surface area (Å²) in [7, 11) is 0. The smallest absolute Gasteiger partial charge is 0.245 e. The summed E-state index contributed by atoms with van der Waals surface area (Å²) in [5.41, 5.74) is 4.37. The first-order valence-electron chi connectivity index (χ1n) is 6.66. The Morgan fingerprint density at radius 1 is 1.33 bits per heavy atom. The molecule has 2 aromatic heterocycles. The Kier molecular flexibility index (Phi) is 3.55. The summed E-state index contributed by atoms with van der Waals surface area (Å²) in [6.45, 7) is 1.85. The number of para-hydroxylation sites is 1. The topological polar surface area (TPSA) is 70.4 Å². The normalized spacial score (nSPS) is 11.3. The largest absolute Gasteiger partial charge is 0.460 e. The number of aromatic nitrogens is 1. The first kappa shape index (κ1) is 13.2. The van der Waals surface area contributed by atoms with Crippen LogP contribution >= 0.6 is 0 Å². The van der Waals surface area contributed by atoms with E-state index in [-0.39, 0.29) is 12.3 Å². The van der Waals surface area contributed by atoms with Crippen LogP contribution in [0.3, 0.4) is 0 Å². The molecule has 0 saturated carbocycles. The van der Waals surface area contributed by atoms with E-state index in [1.807, 2.05) is 43.3 Å². The maximum Gasteiger partial charge on any atom is 0.245 e. The minimum atomic E-state index is -0.180. The van der Waals surface area contributed by atoms with Crippen molar-refractivity contribution >= 4 is 23.0 Å². The molecular formula is C16H15N3O2. The van der Waals surface area contributed by atoms with Crippen molar-refractivity contribution in [2.45, 2.75) is 13.3 Å². The first-order valence-corrected chi connectivity index (χ1v) is 6.66. The predicted molar refractivity (Wildman–Crippen MR) is 81.2 cm³/mol. The van der Waals surface area contributed by atoms with Crippen LogP contribution in [0.5, 0.6) is 0 Å². The maximum atomic E-state index is 11.8. The number of amides is 1. The van der Waals surface area contributed by atoms with Crippen molar-refractivity contribution in [2.75, 3.05) is 0 Å². The van der Waals surface area contributed by atoms with Gasteiger partial charge in [-0.2, -0.15) is 5.10 Å². The average Bonchev–Trinajstić information content (AvgIpc) is 3.04. The maximum absolute atomic E-state index is 11.8. The molecule has 5 heteroatoms. The lowest BCUT2D eigenvalue weighted by molar-refractivity contribution is -0.120. The lowest BCUT2D eigenvalue weighted by Gasteiger charge is -1.96. The molecule has 0 aliphatic heterocycles. The van der Waals surface area contributed by atoms with Crippen LogP contribution in [0, 0.1) is 6.92 Å². The van der Waals surface area contributed by atoms with Gasteiger partial charge in [-0.15, -0.1) is 0 Å². The van der Waals surface area contributed by atoms with Crippen LogP contribution in [0.4, 0.5) is 0 Å². The fraction of sp³-hybridized carbons (Fsp3) is 0.125. The van der Waals surface area contributed by atoms with Crippen LogP contribution < -0.4 is 5.43 Å². The SMILES string of the molecule is Cc1ccc(/C=N\NC(=O)Cc2cc3ccccc3[nH]2)o1. The second-order valence-corrected chi connectivity index (χ2v) is 4.80. The van der Waals surface area contributed by atoms with Gasteiger partial charge in [0.1, 0.15) is 11.5 Å². The highest BCUT2D eigenvalue weighted by atomic mass is 16.3. The van der Waals surface area contributed by atoms with E-state index >= 15 is 0 Å². The Hall–Kier alpha value is -2.82. The average molecular weight is 281 g/mol. The number of aryl methyl sites for hydroxylation is 1. The van der Waals surface area contributed by atoms with Gasteiger partial charge >= 0.3 is 0 Å². The first-order chi connectivity index (χ1) is 10.2. The third-order valence-electron chi connectivity index (χ3n) is 3.08. The quantitative estimate of drug-likeness (QED) is 0.570. The molecule has 0 unspecified atom stereocenters. The van der Waals surface area contributed by atoms with Crippen molar-refractivity contribution in [1.82, 2.24) is 10.4 Å². The van der Waals surface area contributed by atoms with Gasteiger partial charge in [0.25, 0.3) is 0 Å². The Labute approximate surface area is 121 Å². The van der Waals surface area contributed by atoms with E-state index < -0.39 is 0 Å². The van der Waals surface area contributed by atoms with Crippen LogP contribution in [-0.2, 0) is 11.2 Å². The van der Waals surface area contributed by atoms with Gasteiger partial charge in [0.15, 0.2) is 0 Å². The van der Waals surface area contributed by atoms with Gasteiger partial charge in [-0.1, -0.05) is 18.2 Å². The highest BCUT2D eigenvalue weighted by molar-refractivity contribution is 5.85. The number of aromatic amines is 1. The zero-order valence-corrected chi connectivity index (χ0v) is 11.6. The van der Waals surface area contributed by atoms with Crippen molar-refractivity contribution in [1.29, 1.82) is 0 Å². The Balaban J connectivity index is 1.59. The number of furan rings is 1. The fourth-order valence-electron chi connectivity index (χ4n) is 2.13. The third-order valence-corrected chi connectivity index (χ3v) is 3.08. The van der Waals surface area contributed by atoms with Crippen LogP contribution in [0.1, 0.15) is 17.2 Å². The molecule has 0 bridgehead atoms. The van der Waals surface area contributed by atoms with E-state index in [1.54, 1.807) is 6.07 Å². The molecule has 1 aromatic carbocycles. The number of fused-ring (bicyclic) bond motifs is 1. The summed E-state index contributed by atoms with van der Waals surface area (Å²) >= 11 is 0. The molecule has 0 aliphatic rings. The van der Waals surface area contributed by atoms with Gasteiger partial charge < -0.3 is 9.40 Å². The molecular weight excluding hydrogens is 266 g/mol. The number of nitrogens with one attached hydrogen (secondary N) is 2. The van der Waals surface area contributed by atoms with Gasteiger partial charge in [-0.25, -0.2) is 5.43 Å². The summed E-state index contributed by atoms with van der Waals surface area (Å²) in [5, 5.41) is 4.97. The predicted octanol–water partition coefficient (Wildman–Crippen LogP) is 2.76. The fourth-order valence-corrected chi connectivity index (χ4v) is 2.13. The molecule has 1 amide bonds. The number of carbonyl (C=O) groups is 1. The molecule has 106 valence electrons. The van der Waals surface area contributed by atoms with Gasteiger partial charge in [-0.05, 0) is 36.6 Å². The number of carbonyl (C=O) groups excluding carboxylic acids is 1. The standard InChI is InChI=1S/C16H15N3O2/c1-11-6-7-14(21-11)10-17-19-16(20)9-13-8-12-4-2-3-5-15(12)18-13/h2-8,10,18H,9H2,1H3,(H,19,20)/b17-10-. The zero-order chi connectivity index (χ0) is 14.7. The van der Waals surface area contributed by atoms with E-state index in [4.69, 9.17) is 4.42 Å². The van der Waals surface area contributed by atoms with E-state index in [0.717, 1.165) is 22.4 Å². The molecule has 5 nitrogen and oxygen atoms in total. The molecule has 21 heavy (non-hydrogen) atoms.